The van der Waals surface area contributed by atoms with Crippen molar-refractivity contribution in [3.05, 3.63) is 36.0 Å². The fourth-order valence-electron chi connectivity index (χ4n) is 1.75. The molecule has 0 aliphatic carbocycles. The van der Waals surface area contributed by atoms with Crippen LogP contribution >= 0.6 is 11.8 Å². The number of hydrogen-bond donors (Lipinski definition) is 4. The average Bonchev–Trinajstić information content (AvgIpc) is 2.55. The Morgan fingerprint density at radius 2 is 2.35 bits per heavy atom. The topological polar surface area (TPSA) is 134 Å². The van der Waals surface area contributed by atoms with E-state index >= 15 is 0 Å². The van der Waals surface area contributed by atoms with Crippen molar-refractivity contribution in [1.29, 1.82) is 5.41 Å². The van der Waals surface area contributed by atoms with Gasteiger partial charge in [0.05, 0.1) is 0 Å². The van der Waals surface area contributed by atoms with Crippen molar-refractivity contribution < 1.29 is 10.2 Å². The molecule has 0 atom stereocenters. The molecule has 0 aliphatic heterocycles. The SMILES string of the molecule is CSc1ncc(C(N)=O)c(Nc2cccc([NH2+]N=CC=N)c2)n1. The smallest absolute Gasteiger partial charge is 0.254 e. The van der Waals surface area contributed by atoms with E-state index in [9.17, 15) is 4.79 Å². The van der Waals surface area contributed by atoms with E-state index in [1.807, 2.05) is 30.5 Å². The van der Waals surface area contributed by atoms with Crippen molar-refractivity contribution in [2.45, 2.75) is 5.16 Å². The van der Waals surface area contributed by atoms with Gasteiger partial charge in [-0.15, -0.1) is 0 Å². The molecule has 8 nitrogen and oxygen atoms in total. The number of nitrogens with two attached hydrogens (primary N) is 2. The second-order valence-electron chi connectivity index (χ2n) is 4.33. The number of quaternary nitrogens is 1. The Bertz CT molecular complexity index is 748. The Labute approximate surface area is 137 Å². The molecule has 0 bridgehead atoms. The lowest BCUT2D eigenvalue weighted by atomic mass is 10.2. The predicted octanol–water partition coefficient (Wildman–Crippen LogP) is 0.871. The highest BCUT2D eigenvalue weighted by molar-refractivity contribution is 7.98. The van der Waals surface area contributed by atoms with Crippen molar-refractivity contribution in [3.8, 4) is 0 Å². The Kier molecular flexibility index (Phi) is 5.78. The van der Waals surface area contributed by atoms with Gasteiger partial charge in [-0.25, -0.2) is 9.97 Å². The first-order chi connectivity index (χ1) is 11.1. The number of carbonyl (C=O) groups is 1. The molecular weight excluding hydrogens is 314 g/mol. The van der Waals surface area contributed by atoms with E-state index < -0.39 is 5.91 Å². The van der Waals surface area contributed by atoms with Gasteiger partial charge < -0.3 is 16.5 Å². The Hall–Kier alpha value is -2.78. The summed E-state index contributed by atoms with van der Waals surface area (Å²) in [6.45, 7) is 0. The molecule has 1 amide bonds. The number of hydrogen-bond acceptors (Lipinski definition) is 7. The van der Waals surface area contributed by atoms with Gasteiger partial charge in [-0.1, -0.05) is 22.9 Å². The summed E-state index contributed by atoms with van der Waals surface area (Å²) in [5.74, 6) is -0.240. The standard InChI is InChI=1S/C14H15N7OS/c1-23-14-17-8-11(12(16)22)13(20-14)19-9-3-2-4-10(7-9)21-18-6-5-15/h2-8,15,21H,1H3,(H2,16,22)(H,17,19,20)/p+1. The van der Waals surface area contributed by atoms with Crippen molar-refractivity contribution in [1.82, 2.24) is 9.97 Å². The third-order valence-corrected chi connectivity index (χ3v) is 3.31. The van der Waals surface area contributed by atoms with Crippen LogP contribution in [0, 0.1) is 5.41 Å². The largest absolute Gasteiger partial charge is 0.365 e. The van der Waals surface area contributed by atoms with Crippen molar-refractivity contribution in [3.63, 3.8) is 0 Å². The molecular formula is C14H16N7OS+. The van der Waals surface area contributed by atoms with Crippen molar-refractivity contribution in [2.75, 3.05) is 11.6 Å². The predicted molar refractivity (Wildman–Crippen MR) is 90.9 cm³/mol. The van der Waals surface area contributed by atoms with Crippen LogP contribution < -0.4 is 16.5 Å². The molecule has 0 spiro atoms. The molecule has 2 rings (SSSR count). The molecule has 9 heteroatoms. The Balaban J connectivity index is 2.27. The normalized spacial score (nSPS) is 10.7. The first kappa shape index (κ1) is 16.6. The molecule has 2 aromatic rings. The quantitative estimate of drug-likeness (QED) is 0.149. The minimum absolute atomic E-state index is 0.221. The summed E-state index contributed by atoms with van der Waals surface area (Å²) in [6, 6.07) is 7.39. The summed E-state index contributed by atoms with van der Waals surface area (Å²) in [4.78, 5) is 19.8. The average molecular weight is 330 g/mol. The number of nitrogens with one attached hydrogen (secondary N) is 2. The van der Waals surface area contributed by atoms with E-state index in [1.165, 1.54) is 24.2 Å². The van der Waals surface area contributed by atoms with Gasteiger partial charge in [0.15, 0.2) is 10.8 Å². The van der Waals surface area contributed by atoms with Crippen LogP contribution in [0.1, 0.15) is 10.4 Å². The summed E-state index contributed by atoms with van der Waals surface area (Å²) in [6.07, 6.45) is 5.73. The third kappa shape index (κ3) is 4.59. The highest BCUT2D eigenvalue weighted by Gasteiger charge is 2.12. The number of amides is 1. The number of primary amides is 1. The van der Waals surface area contributed by atoms with Gasteiger partial charge in [0.1, 0.15) is 17.6 Å². The summed E-state index contributed by atoms with van der Waals surface area (Å²) < 4.78 is 0. The summed E-state index contributed by atoms with van der Waals surface area (Å²) in [5, 5.41) is 14.5. The van der Waals surface area contributed by atoms with E-state index in [0.29, 0.717) is 11.0 Å². The number of carbonyl (C=O) groups excluding carboxylic acids is 1. The highest BCUT2D eigenvalue weighted by atomic mass is 32.2. The summed E-state index contributed by atoms with van der Waals surface area (Å²) >= 11 is 1.37. The number of anilines is 2. The monoisotopic (exact) mass is 330 g/mol. The van der Waals surface area contributed by atoms with Crippen LogP contribution in [0.4, 0.5) is 17.2 Å². The van der Waals surface area contributed by atoms with E-state index in [-0.39, 0.29) is 5.56 Å². The lowest BCUT2D eigenvalue weighted by Crippen LogP contribution is -2.71. The maximum Gasteiger partial charge on any atom is 0.254 e. The van der Waals surface area contributed by atoms with Gasteiger partial charge in [0, 0.05) is 30.2 Å². The molecule has 0 fully saturated rings. The fraction of sp³-hybridized carbons (Fsp3) is 0.0714. The van der Waals surface area contributed by atoms with E-state index in [2.05, 4.69) is 20.4 Å². The van der Waals surface area contributed by atoms with Crippen LogP contribution in [0.2, 0.25) is 0 Å². The highest BCUT2D eigenvalue weighted by Crippen LogP contribution is 2.21. The van der Waals surface area contributed by atoms with Crippen LogP contribution in [-0.4, -0.2) is 34.6 Å². The van der Waals surface area contributed by atoms with E-state index in [1.54, 1.807) is 5.43 Å². The third-order valence-electron chi connectivity index (χ3n) is 2.75. The van der Waals surface area contributed by atoms with Crippen LogP contribution in [0.3, 0.4) is 0 Å². The molecule has 6 N–H and O–H groups in total. The molecule has 0 saturated heterocycles. The number of benzene rings is 1. The maximum absolute atomic E-state index is 11.5. The van der Waals surface area contributed by atoms with E-state index in [0.717, 1.165) is 17.6 Å². The number of rotatable bonds is 7. The van der Waals surface area contributed by atoms with Crippen LogP contribution in [0.25, 0.3) is 0 Å². The lowest BCUT2D eigenvalue weighted by Gasteiger charge is -2.10. The summed E-state index contributed by atoms with van der Waals surface area (Å²) in [7, 11) is 0. The van der Waals surface area contributed by atoms with Gasteiger partial charge in [-0.3, -0.25) is 4.79 Å². The number of thioether (sulfide) groups is 1. The molecule has 118 valence electrons. The van der Waals surface area contributed by atoms with Crippen LogP contribution in [-0.2, 0) is 0 Å². The van der Waals surface area contributed by atoms with Crippen molar-refractivity contribution in [2.24, 2.45) is 10.8 Å². The number of aromatic nitrogens is 2. The zero-order valence-corrected chi connectivity index (χ0v) is 13.2. The molecule has 0 radical (unpaired) electrons. The number of nitrogens with zero attached hydrogens (tertiary/aromatic N) is 3. The molecule has 1 aromatic heterocycles. The van der Waals surface area contributed by atoms with Crippen LogP contribution in [0.5, 0.6) is 0 Å². The van der Waals surface area contributed by atoms with Crippen LogP contribution in [0.15, 0.2) is 40.7 Å². The molecule has 0 saturated carbocycles. The Morgan fingerprint density at radius 3 is 3.04 bits per heavy atom. The first-order valence-electron chi connectivity index (χ1n) is 6.57. The second kappa shape index (κ2) is 8.01. The minimum atomic E-state index is -0.599. The second-order valence-corrected chi connectivity index (χ2v) is 5.10. The first-order valence-corrected chi connectivity index (χ1v) is 7.80. The molecule has 0 unspecified atom stereocenters. The van der Waals surface area contributed by atoms with Gasteiger partial charge in [-0.05, 0) is 12.3 Å². The Morgan fingerprint density at radius 1 is 1.52 bits per heavy atom. The minimum Gasteiger partial charge on any atom is -0.365 e. The van der Waals surface area contributed by atoms with Gasteiger partial charge in [0.2, 0.25) is 0 Å². The lowest BCUT2D eigenvalue weighted by molar-refractivity contribution is -0.576. The zero-order chi connectivity index (χ0) is 16.7. The van der Waals surface area contributed by atoms with Gasteiger partial charge >= 0.3 is 0 Å². The molecule has 0 aliphatic rings. The molecule has 1 aromatic carbocycles. The van der Waals surface area contributed by atoms with Gasteiger partial charge in [0.25, 0.3) is 5.91 Å². The van der Waals surface area contributed by atoms with E-state index in [4.69, 9.17) is 11.1 Å². The summed E-state index contributed by atoms with van der Waals surface area (Å²) in [5.41, 5.74) is 8.78. The van der Waals surface area contributed by atoms with Crippen molar-refractivity contribution >= 4 is 47.3 Å². The fourth-order valence-corrected chi connectivity index (χ4v) is 2.09. The molecule has 1 heterocycles. The zero-order valence-electron chi connectivity index (χ0n) is 12.4. The molecule has 23 heavy (non-hydrogen) atoms. The maximum atomic E-state index is 11.5. The van der Waals surface area contributed by atoms with Gasteiger partial charge in [-0.2, -0.15) is 5.43 Å².